The Bertz CT molecular complexity index is 998. The van der Waals surface area contributed by atoms with Crippen molar-refractivity contribution in [1.82, 2.24) is 10.9 Å². The lowest BCUT2D eigenvalue weighted by molar-refractivity contribution is 0.0912. The van der Waals surface area contributed by atoms with Gasteiger partial charge in [-0.25, -0.2) is 0 Å². The lowest BCUT2D eigenvalue weighted by Crippen LogP contribution is -2.43. The van der Waals surface area contributed by atoms with Gasteiger partial charge in [0, 0.05) is 10.7 Å². The average Bonchev–Trinajstić information content (AvgIpc) is 3.15. The zero-order chi connectivity index (χ0) is 20.8. The number of amides is 1. The van der Waals surface area contributed by atoms with Gasteiger partial charge in [-0.1, -0.05) is 17.7 Å². The molecule has 1 amide bonds. The number of furan rings is 1. The van der Waals surface area contributed by atoms with Crippen LogP contribution in [-0.4, -0.2) is 11.0 Å². The fourth-order valence-electron chi connectivity index (χ4n) is 2.62. The number of benzene rings is 2. The van der Waals surface area contributed by atoms with Gasteiger partial charge in [0.1, 0.15) is 18.1 Å². The molecular weight excluding hydrogens is 410 g/mol. The average molecular weight is 430 g/mol. The van der Waals surface area contributed by atoms with Gasteiger partial charge in [-0.2, -0.15) is 0 Å². The molecule has 3 rings (SSSR count). The molecule has 0 unspecified atom stereocenters. The van der Waals surface area contributed by atoms with Crippen LogP contribution in [0.15, 0.2) is 59.0 Å². The van der Waals surface area contributed by atoms with Crippen LogP contribution in [-0.2, 0) is 6.61 Å². The van der Waals surface area contributed by atoms with E-state index in [9.17, 15) is 4.79 Å². The highest BCUT2D eigenvalue weighted by molar-refractivity contribution is 7.80. The van der Waals surface area contributed by atoms with Gasteiger partial charge in [-0.05, 0) is 85.7 Å². The van der Waals surface area contributed by atoms with Gasteiger partial charge in [0.25, 0.3) is 0 Å². The van der Waals surface area contributed by atoms with Crippen molar-refractivity contribution in [3.63, 3.8) is 0 Å². The standard InChI is InChI=1S/C21H20ClN3O3S/c1-13-9-14(2)11-18(10-13)27-12-17-7-8-19(28-17)20(26)24-25-21(29)23-16-5-3-15(22)4-6-16/h3-11H,12H2,1-2H3,(H,24,26)(H2,23,25,29). The van der Waals surface area contributed by atoms with Crippen LogP contribution in [0, 0.1) is 13.8 Å². The number of thiocarbonyl (C=S) groups is 1. The fraction of sp³-hybridized carbons (Fsp3) is 0.143. The second kappa shape index (κ2) is 9.45. The summed E-state index contributed by atoms with van der Waals surface area (Å²) >= 11 is 11.0. The van der Waals surface area contributed by atoms with Crippen molar-refractivity contribution in [2.45, 2.75) is 20.5 Å². The molecule has 0 spiro atoms. The summed E-state index contributed by atoms with van der Waals surface area (Å²) in [4.78, 5) is 12.2. The number of hydrogen-bond acceptors (Lipinski definition) is 4. The van der Waals surface area contributed by atoms with Crippen molar-refractivity contribution in [2.75, 3.05) is 5.32 Å². The number of hydrogen-bond donors (Lipinski definition) is 3. The molecule has 0 bridgehead atoms. The summed E-state index contributed by atoms with van der Waals surface area (Å²) in [5.74, 6) is 0.982. The number of carbonyl (C=O) groups excluding carboxylic acids is 1. The molecule has 8 heteroatoms. The van der Waals surface area contributed by atoms with E-state index in [1.807, 2.05) is 26.0 Å². The first-order valence-electron chi connectivity index (χ1n) is 8.82. The summed E-state index contributed by atoms with van der Waals surface area (Å²) in [5.41, 5.74) is 8.08. The molecule has 3 N–H and O–H groups in total. The smallest absolute Gasteiger partial charge is 0.305 e. The molecule has 0 aliphatic rings. The van der Waals surface area contributed by atoms with Gasteiger partial charge in [-0.3, -0.25) is 15.6 Å². The van der Waals surface area contributed by atoms with E-state index in [2.05, 4.69) is 22.2 Å². The van der Waals surface area contributed by atoms with Crippen LogP contribution >= 0.6 is 23.8 Å². The van der Waals surface area contributed by atoms with Crippen LogP contribution in [0.4, 0.5) is 5.69 Å². The minimum atomic E-state index is -0.456. The first kappa shape index (κ1) is 20.7. The zero-order valence-electron chi connectivity index (χ0n) is 15.9. The number of halogens is 1. The molecule has 3 aromatic rings. The molecule has 0 saturated heterocycles. The van der Waals surface area contributed by atoms with Crippen molar-refractivity contribution in [2.24, 2.45) is 0 Å². The quantitative estimate of drug-likeness (QED) is 0.401. The maximum Gasteiger partial charge on any atom is 0.305 e. The molecular formula is C21H20ClN3O3S. The Hall–Kier alpha value is -3.03. The number of anilines is 1. The first-order valence-corrected chi connectivity index (χ1v) is 9.60. The van der Waals surface area contributed by atoms with Crippen LogP contribution in [0.3, 0.4) is 0 Å². The molecule has 0 aliphatic carbocycles. The van der Waals surface area contributed by atoms with Gasteiger partial charge in [0.05, 0.1) is 0 Å². The summed E-state index contributed by atoms with van der Waals surface area (Å²) in [7, 11) is 0. The highest BCUT2D eigenvalue weighted by atomic mass is 35.5. The van der Waals surface area contributed by atoms with Gasteiger partial charge in [0.2, 0.25) is 0 Å². The lowest BCUT2D eigenvalue weighted by Gasteiger charge is -2.10. The van der Waals surface area contributed by atoms with Crippen molar-refractivity contribution in [3.8, 4) is 5.75 Å². The second-order valence-electron chi connectivity index (χ2n) is 6.42. The van der Waals surface area contributed by atoms with Crippen LogP contribution in [0.5, 0.6) is 5.75 Å². The molecule has 1 heterocycles. The molecule has 0 fully saturated rings. The van der Waals surface area contributed by atoms with E-state index in [-0.39, 0.29) is 17.5 Å². The SMILES string of the molecule is Cc1cc(C)cc(OCc2ccc(C(=O)NNC(=S)Nc3ccc(Cl)cc3)o2)c1. The van der Waals surface area contributed by atoms with Crippen molar-refractivity contribution < 1.29 is 13.9 Å². The lowest BCUT2D eigenvalue weighted by atomic mass is 10.1. The van der Waals surface area contributed by atoms with Gasteiger partial charge in [0.15, 0.2) is 10.9 Å². The molecule has 0 atom stereocenters. The van der Waals surface area contributed by atoms with Crippen molar-refractivity contribution in [1.29, 1.82) is 0 Å². The number of rotatable bonds is 5. The van der Waals surface area contributed by atoms with Crippen LogP contribution < -0.4 is 20.9 Å². The minimum absolute atomic E-state index is 0.144. The van der Waals surface area contributed by atoms with Crippen molar-refractivity contribution in [3.05, 3.63) is 82.3 Å². The zero-order valence-corrected chi connectivity index (χ0v) is 17.5. The Balaban J connectivity index is 1.48. The summed E-state index contributed by atoms with van der Waals surface area (Å²) in [6.07, 6.45) is 0. The largest absolute Gasteiger partial charge is 0.486 e. The number of ether oxygens (including phenoxy) is 1. The Morgan fingerprint density at radius 3 is 2.41 bits per heavy atom. The topological polar surface area (TPSA) is 75.5 Å². The molecule has 1 aromatic heterocycles. The Morgan fingerprint density at radius 1 is 1.03 bits per heavy atom. The van der Waals surface area contributed by atoms with E-state index < -0.39 is 5.91 Å². The molecule has 29 heavy (non-hydrogen) atoms. The first-order chi connectivity index (χ1) is 13.9. The highest BCUT2D eigenvalue weighted by Gasteiger charge is 2.12. The third kappa shape index (κ3) is 6.23. The van der Waals surface area contributed by atoms with E-state index in [0.29, 0.717) is 10.8 Å². The molecule has 6 nitrogen and oxygen atoms in total. The van der Waals surface area contributed by atoms with E-state index in [1.165, 1.54) is 0 Å². The third-order valence-corrected chi connectivity index (χ3v) is 4.31. The normalized spacial score (nSPS) is 10.3. The number of nitrogens with one attached hydrogen (secondary N) is 3. The Labute approximate surface area is 179 Å². The molecule has 0 aliphatic heterocycles. The van der Waals surface area contributed by atoms with Gasteiger partial charge >= 0.3 is 5.91 Å². The molecule has 2 aromatic carbocycles. The van der Waals surface area contributed by atoms with Crippen LogP contribution in [0.25, 0.3) is 0 Å². The number of carbonyl (C=O) groups is 1. The Morgan fingerprint density at radius 2 is 1.72 bits per heavy atom. The van der Waals surface area contributed by atoms with E-state index in [0.717, 1.165) is 22.6 Å². The number of aryl methyl sites for hydroxylation is 2. The monoisotopic (exact) mass is 429 g/mol. The maximum atomic E-state index is 12.2. The highest BCUT2D eigenvalue weighted by Crippen LogP contribution is 2.18. The second-order valence-corrected chi connectivity index (χ2v) is 7.26. The van der Waals surface area contributed by atoms with Gasteiger partial charge < -0.3 is 14.5 Å². The molecule has 150 valence electrons. The predicted molar refractivity (Wildman–Crippen MR) is 117 cm³/mol. The molecule has 0 saturated carbocycles. The van der Waals surface area contributed by atoms with Crippen LogP contribution in [0.2, 0.25) is 5.02 Å². The van der Waals surface area contributed by atoms with E-state index in [1.54, 1.807) is 36.4 Å². The summed E-state index contributed by atoms with van der Waals surface area (Å²) in [6, 6.07) is 16.2. The van der Waals surface area contributed by atoms with E-state index >= 15 is 0 Å². The summed E-state index contributed by atoms with van der Waals surface area (Å²) in [6.45, 7) is 4.24. The molecule has 0 radical (unpaired) electrons. The van der Waals surface area contributed by atoms with Crippen molar-refractivity contribution >= 4 is 40.5 Å². The Kier molecular flexibility index (Phi) is 6.74. The fourth-order valence-corrected chi connectivity index (χ4v) is 2.91. The maximum absolute atomic E-state index is 12.2. The predicted octanol–water partition coefficient (Wildman–Crippen LogP) is 4.76. The van der Waals surface area contributed by atoms with Crippen LogP contribution in [0.1, 0.15) is 27.4 Å². The van der Waals surface area contributed by atoms with E-state index in [4.69, 9.17) is 33.0 Å². The van der Waals surface area contributed by atoms with Gasteiger partial charge in [-0.15, -0.1) is 0 Å². The summed E-state index contributed by atoms with van der Waals surface area (Å²) < 4.78 is 11.3. The minimum Gasteiger partial charge on any atom is -0.486 e. The third-order valence-electron chi connectivity index (χ3n) is 3.85. The number of hydrazine groups is 1. The summed E-state index contributed by atoms with van der Waals surface area (Å²) in [5, 5.41) is 3.78.